The van der Waals surface area contributed by atoms with Gasteiger partial charge in [0.25, 0.3) is 0 Å². The second-order valence-electron chi connectivity index (χ2n) is 4.43. The van der Waals surface area contributed by atoms with Crippen molar-refractivity contribution < 1.29 is 0 Å². The van der Waals surface area contributed by atoms with E-state index in [0.29, 0.717) is 12.6 Å². The summed E-state index contributed by atoms with van der Waals surface area (Å²) in [5, 5.41) is 0. The maximum atomic E-state index is 5.68. The Morgan fingerprint density at radius 2 is 2.12 bits per heavy atom. The first kappa shape index (κ1) is 13.0. The minimum atomic E-state index is 0.518. The van der Waals surface area contributed by atoms with Crippen LogP contribution in [0, 0.1) is 6.92 Å². The lowest BCUT2D eigenvalue weighted by Crippen LogP contribution is -2.29. The highest BCUT2D eigenvalue weighted by atomic mass is 15.2. The van der Waals surface area contributed by atoms with E-state index in [2.05, 4.69) is 36.8 Å². The number of nitrogens with two attached hydrogens (primary N) is 1. The molecule has 16 heavy (non-hydrogen) atoms. The Morgan fingerprint density at radius 3 is 2.69 bits per heavy atom. The Morgan fingerprint density at radius 1 is 1.44 bits per heavy atom. The number of hydrogen-bond donors (Lipinski definition) is 1. The van der Waals surface area contributed by atoms with Crippen molar-refractivity contribution in [3.05, 3.63) is 23.4 Å². The topological polar surface area (TPSA) is 42.1 Å². The minimum absolute atomic E-state index is 0.518. The molecule has 0 aromatic carbocycles. The summed E-state index contributed by atoms with van der Waals surface area (Å²) in [7, 11) is 2.10. The number of hydrogen-bond acceptors (Lipinski definition) is 3. The fraction of sp³-hybridized carbons (Fsp3) is 0.615. The highest BCUT2D eigenvalue weighted by molar-refractivity contribution is 5.42. The van der Waals surface area contributed by atoms with Gasteiger partial charge in [-0.2, -0.15) is 0 Å². The number of nitrogens with zero attached hydrogens (tertiary/aromatic N) is 2. The van der Waals surface area contributed by atoms with Crippen LogP contribution in [0.5, 0.6) is 0 Å². The van der Waals surface area contributed by atoms with E-state index in [9.17, 15) is 0 Å². The summed E-state index contributed by atoms with van der Waals surface area (Å²) in [6, 6.07) is 4.64. The zero-order valence-corrected chi connectivity index (χ0v) is 10.8. The molecule has 0 aliphatic carbocycles. The van der Waals surface area contributed by atoms with Crippen molar-refractivity contribution in [2.24, 2.45) is 5.73 Å². The van der Waals surface area contributed by atoms with Crippen molar-refractivity contribution in [3.63, 3.8) is 0 Å². The molecule has 0 fully saturated rings. The van der Waals surface area contributed by atoms with E-state index in [4.69, 9.17) is 5.73 Å². The molecular weight excluding hydrogens is 198 g/mol. The van der Waals surface area contributed by atoms with E-state index in [1.165, 1.54) is 12.8 Å². The largest absolute Gasteiger partial charge is 0.357 e. The molecule has 0 bridgehead atoms. The number of pyridine rings is 1. The number of aryl methyl sites for hydroxylation is 1. The Kier molecular flexibility index (Phi) is 4.74. The second kappa shape index (κ2) is 5.85. The van der Waals surface area contributed by atoms with E-state index in [0.717, 1.165) is 17.1 Å². The van der Waals surface area contributed by atoms with E-state index in [1.807, 2.05) is 13.0 Å². The molecule has 0 amide bonds. The van der Waals surface area contributed by atoms with Crippen LogP contribution < -0.4 is 10.6 Å². The van der Waals surface area contributed by atoms with Crippen LogP contribution in [0.25, 0.3) is 0 Å². The van der Waals surface area contributed by atoms with Gasteiger partial charge < -0.3 is 10.6 Å². The minimum Gasteiger partial charge on any atom is -0.357 e. The molecule has 1 unspecified atom stereocenters. The van der Waals surface area contributed by atoms with E-state index >= 15 is 0 Å². The van der Waals surface area contributed by atoms with Crippen molar-refractivity contribution in [1.29, 1.82) is 0 Å². The fourth-order valence-corrected chi connectivity index (χ4v) is 1.86. The molecule has 0 radical (unpaired) electrons. The van der Waals surface area contributed by atoms with Gasteiger partial charge in [0.1, 0.15) is 5.82 Å². The SMILES string of the molecule is CCCC(C)N(C)c1cc(CN)cc(C)n1. The first-order valence-corrected chi connectivity index (χ1v) is 5.99. The molecule has 0 aliphatic rings. The Labute approximate surface area is 98.7 Å². The lowest BCUT2D eigenvalue weighted by atomic mass is 10.1. The van der Waals surface area contributed by atoms with Gasteiger partial charge in [0.15, 0.2) is 0 Å². The summed E-state index contributed by atoms with van der Waals surface area (Å²) >= 11 is 0. The molecule has 90 valence electrons. The van der Waals surface area contributed by atoms with Crippen molar-refractivity contribution >= 4 is 5.82 Å². The Hall–Kier alpha value is -1.09. The van der Waals surface area contributed by atoms with Crippen LogP contribution in [-0.2, 0) is 6.54 Å². The van der Waals surface area contributed by atoms with Crippen LogP contribution >= 0.6 is 0 Å². The van der Waals surface area contributed by atoms with E-state index in [1.54, 1.807) is 0 Å². The van der Waals surface area contributed by atoms with Crippen LogP contribution in [0.4, 0.5) is 5.82 Å². The van der Waals surface area contributed by atoms with Crippen molar-refractivity contribution in [2.45, 2.75) is 46.2 Å². The molecule has 1 aromatic rings. The molecular formula is C13H23N3. The molecule has 3 nitrogen and oxygen atoms in total. The zero-order chi connectivity index (χ0) is 12.1. The third kappa shape index (κ3) is 3.20. The van der Waals surface area contributed by atoms with Crippen molar-refractivity contribution in [3.8, 4) is 0 Å². The number of aromatic nitrogens is 1. The normalized spacial score (nSPS) is 12.6. The summed E-state index contributed by atoms with van der Waals surface area (Å²) < 4.78 is 0. The predicted molar refractivity (Wildman–Crippen MR) is 69.6 cm³/mol. The average Bonchev–Trinajstić information content (AvgIpc) is 2.27. The summed E-state index contributed by atoms with van der Waals surface area (Å²) in [6.07, 6.45) is 2.38. The lowest BCUT2D eigenvalue weighted by Gasteiger charge is -2.26. The molecule has 1 rings (SSSR count). The van der Waals surface area contributed by atoms with Crippen molar-refractivity contribution in [2.75, 3.05) is 11.9 Å². The van der Waals surface area contributed by atoms with Crippen LogP contribution in [-0.4, -0.2) is 18.1 Å². The van der Waals surface area contributed by atoms with Gasteiger partial charge in [0, 0.05) is 25.3 Å². The van der Waals surface area contributed by atoms with Crippen LogP contribution in [0.3, 0.4) is 0 Å². The lowest BCUT2D eigenvalue weighted by molar-refractivity contribution is 0.610. The van der Waals surface area contributed by atoms with Gasteiger partial charge in [0.05, 0.1) is 0 Å². The van der Waals surface area contributed by atoms with Gasteiger partial charge in [0.2, 0.25) is 0 Å². The molecule has 0 saturated carbocycles. The van der Waals surface area contributed by atoms with Crippen LogP contribution in [0.1, 0.15) is 37.9 Å². The third-order valence-electron chi connectivity index (χ3n) is 2.96. The maximum Gasteiger partial charge on any atom is 0.129 e. The summed E-state index contributed by atoms with van der Waals surface area (Å²) in [5.41, 5.74) is 7.86. The van der Waals surface area contributed by atoms with Gasteiger partial charge in [-0.25, -0.2) is 4.98 Å². The number of rotatable bonds is 5. The van der Waals surface area contributed by atoms with E-state index < -0.39 is 0 Å². The van der Waals surface area contributed by atoms with Gasteiger partial charge in [-0.1, -0.05) is 13.3 Å². The van der Waals surface area contributed by atoms with Gasteiger partial charge in [-0.3, -0.25) is 0 Å². The molecule has 1 aromatic heterocycles. The highest BCUT2D eigenvalue weighted by Crippen LogP contribution is 2.17. The summed E-state index contributed by atoms with van der Waals surface area (Å²) in [6.45, 7) is 7.03. The molecule has 1 heterocycles. The molecule has 2 N–H and O–H groups in total. The van der Waals surface area contributed by atoms with E-state index in [-0.39, 0.29) is 0 Å². The van der Waals surface area contributed by atoms with Gasteiger partial charge in [-0.05, 0) is 38.0 Å². The van der Waals surface area contributed by atoms with Crippen LogP contribution in [0.15, 0.2) is 12.1 Å². The van der Waals surface area contributed by atoms with Gasteiger partial charge >= 0.3 is 0 Å². The summed E-state index contributed by atoms with van der Waals surface area (Å²) in [5.74, 6) is 1.03. The first-order valence-electron chi connectivity index (χ1n) is 5.99. The fourth-order valence-electron chi connectivity index (χ4n) is 1.86. The Bertz CT molecular complexity index is 336. The Balaban J connectivity index is 2.89. The monoisotopic (exact) mass is 221 g/mol. The standard InChI is InChI=1S/C13H23N3/c1-5-6-11(3)16(4)13-8-12(9-14)7-10(2)15-13/h7-8,11H,5-6,9,14H2,1-4H3. The van der Waals surface area contributed by atoms with Gasteiger partial charge in [-0.15, -0.1) is 0 Å². The smallest absolute Gasteiger partial charge is 0.129 e. The molecule has 0 aliphatic heterocycles. The molecule has 0 spiro atoms. The quantitative estimate of drug-likeness (QED) is 0.830. The summed E-state index contributed by atoms with van der Waals surface area (Å²) in [4.78, 5) is 6.79. The molecule has 1 atom stereocenters. The highest BCUT2D eigenvalue weighted by Gasteiger charge is 2.11. The van der Waals surface area contributed by atoms with Crippen molar-refractivity contribution in [1.82, 2.24) is 4.98 Å². The third-order valence-corrected chi connectivity index (χ3v) is 2.96. The molecule has 3 heteroatoms. The number of anilines is 1. The van der Waals surface area contributed by atoms with Crippen LogP contribution in [0.2, 0.25) is 0 Å². The molecule has 0 saturated heterocycles. The second-order valence-corrected chi connectivity index (χ2v) is 4.43. The average molecular weight is 221 g/mol. The predicted octanol–water partition coefficient (Wildman–Crippen LogP) is 2.47. The first-order chi connectivity index (χ1) is 7.58. The zero-order valence-electron chi connectivity index (χ0n) is 10.8. The maximum absolute atomic E-state index is 5.68.